The van der Waals surface area contributed by atoms with E-state index in [0.717, 1.165) is 33.8 Å². The summed E-state index contributed by atoms with van der Waals surface area (Å²) in [6.07, 6.45) is 0. The van der Waals surface area contributed by atoms with Gasteiger partial charge >= 0.3 is 0 Å². The van der Waals surface area contributed by atoms with Crippen LogP contribution in [0, 0.1) is 0 Å². The molecule has 3 heteroatoms. The van der Waals surface area contributed by atoms with Crippen molar-refractivity contribution in [3.8, 4) is 11.5 Å². The molecule has 184 valence electrons. The predicted octanol–water partition coefficient (Wildman–Crippen LogP) is 8.72. The van der Waals surface area contributed by atoms with E-state index in [1.165, 1.54) is 11.1 Å². The van der Waals surface area contributed by atoms with Crippen molar-refractivity contribution in [2.45, 2.75) is 116 Å². The average molecular weight is 471 g/mol. The first-order valence-electron chi connectivity index (χ1n) is 12.0. The van der Waals surface area contributed by atoms with Gasteiger partial charge in [0.05, 0.1) is 0 Å². The molecule has 2 N–H and O–H groups in total. The summed E-state index contributed by atoms with van der Waals surface area (Å²) in [6, 6.07) is 8.63. The Kier molecular flexibility index (Phi) is 7.71. The molecule has 0 aliphatic rings. The number of phenolic OH excluding ortho intramolecular Hbond substituents is 2. The van der Waals surface area contributed by atoms with Gasteiger partial charge in [0.1, 0.15) is 11.5 Å². The molecule has 0 spiro atoms. The topological polar surface area (TPSA) is 40.5 Å². The maximum Gasteiger partial charge on any atom is 0.123 e. The summed E-state index contributed by atoms with van der Waals surface area (Å²) in [5, 5.41) is 22.2. The highest BCUT2D eigenvalue weighted by atomic mass is 32.2. The fourth-order valence-electron chi connectivity index (χ4n) is 4.40. The van der Waals surface area contributed by atoms with Crippen molar-refractivity contribution in [2.24, 2.45) is 0 Å². The van der Waals surface area contributed by atoms with E-state index in [4.69, 9.17) is 0 Å². The van der Waals surface area contributed by atoms with E-state index in [0.29, 0.717) is 11.5 Å². The number of thioether (sulfide) groups is 1. The van der Waals surface area contributed by atoms with Gasteiger partial charge in [-0.3, -0.25) is 0 Å². The maximum atomic E-state index is 11.2. The van der Waals surface area contributed by atoms with E-state index in [-0.39, 0.29) is 21.7 Å². The Labute approximate surface area is 207 Å². The fraction of sp³-hybridized carbons (Fsp3) is 0.600. The Hall–Kier alpha value is -1.61. The molecule has 0 amide bonds. The third-order valence-electron chi connectivity index (χ3n) is 6.13. The Morgan fingerprint density at radius 2 is 1.03 bits per heavy atom. The molecular formula is C30H46O2S. The van der Waals surface area contributed by atoms with Crippen LogP contribution in [0.25, 0.3) is 0 Å². The lowest BCUT2D eigenvalue weighted by molar-refractivity contribution is 0.421. The molecule has 0 saturated carbocycles. The second kappa shape index (κ2) is 9.21. The van der Waals surface area contributed by atoms with Crippen LogP contribution in [-0.4, -0.2) is 10.2 Å². The highest BCUT2D eigenvalue weighted by molar-refractivity contribution is 7.97. The third kappa shape index (κ3) is 6.50. The smallest absolute Gasteiger partial charge is 0.123 e. The highest BCUT2D eigenvalue weighted by Crippen LogP contribution is 2.43. The Bertz CT molecular complexity index is 955. The van der Waals surface area contributed by atoms with Gasteiger partial charge in [0, 0.05) is 17.1 Å². The second-order valence-corrected chi connectivity index (χ2v) is 14.5. The standard InChI is InChI=1S/C30H46O2S/c1-27(2,3)21-14-13-20(24(26(21)32)30(10,11)12)18-33-17-19-15-22(28(4,5)6)25(31)23(16-19)29(7,8)9/h13-16,31-32H,17-18H2,1-12H3. The third-order valence-corrected chi connectivity index (χ3v) is 7.19. The van der Waals surface area contributed by atoms with Crippen LogP contribution >= 0.6 is 11.8 Å². The van der Waals surface area contributed by atoms with Crippen molar-refractivity contribution < 1.29 is 10.2 Å². The Morgan fingerprint density at radius 1 is 0.576 bits per heavy atom. The van der Waals surface area contributed by atoms with E-state index < -0.39 is 0 Å². The van der Waals surface area contributed by atoms with Crippen molar-refractivity contribution in [3.63, 3.8) is 0 Å². The Balaban J connectivity index is 2.40. The van der Waals surface area contributed by atoms with Gasteiger partial charge in [-0.15, -0.1) is 0 Å². The predicted molar refractivity (Wildman–Crippen MR) is 146 cm³/mol. The van der Waals surface area contributed by atoms with E-state index in [1.807, 2.05) is 11.8 Å². The number of phenols is 2. The molecule has 0 radical (unpaired) electrons. The van der Waals surface area contributed by atoms with Crippen LogP contribution in [0.15, 0.2) is 24.3 Å². The minimum Gasteiger partial charge on any atom is -0.507 e. The van der Waals surface area contributed by atoms with E-state index >= 15 is 0 Å². The molecule has 2 aromatic carbocycles. The van der Waals surface area contributed by atoms with Gasteiger partial charge in [0.15, 0.2) is 0 Å². The van der Waals surface area contributed by atoms with Gasteiger partial charge in [0.25, 0.3) is 0 Å². The number of aromatic hydroxyl groups is 2. The summed E-state index contributed by atoms with van der Waals surface area (Å²) in [6.45, 7) is 25.9. The first-order chi connectivity index (χ1) is 14.7. The molecule has 0 saturated heterocycles. The lowest BCUT2D eigenvalue weighted by Gasteiger charge is -2.29. The minimum absolute atomic E-state index is 0.103. The zero-order valence-electron chi connectivity index (χ0n) is 23.0. The summed E-state index contributed by atoms with van der Waals surface area (Å²) in [5.41, 5.74) is 6.01. The van der Waals surface area contributed by atoms with Crippen LogP contribution in [0.4, 0.5) is 0 Å². The number of hydrogen-bond donors (Lipinski definition) is 2. The van der Waals surface area contributed by atoms with E-state index in [2.05, 4.69) is 107 Å². The number of hydrogen-bond acceptors (Lipinski definition) is 3. The van der Waals surface area contributed by atoms with Gasteiger partial charge in [0.2, 0.25) is 0 Å². The monoisotopic (exact) mass is 470 g/mol. The largest absolute Gasteiger partial charge is 0.507 e. The van der Waals surface area contributed by atoms with Crippen molar-refractivity contribution in [3.05, 3.63) is 57.6 Å². The summed E-state index contributed by atoms with van der Waals surface area (Å²) in [4.78, 5) is 0. The lowest BCUT2D eigenvalue weighted by atomic mass is 9.77. The second-order valence-electron chi connectivity index (χ2n) is 13.5. The summed E-state index contributed by atoms with van der Waals surface area (Å²) >= 11 is 1.86. The lowest BCUT2D eigenvalue weighted by Crippen LogP contribution is -2.19. The van der Waals surface area contributed by atoms with Crippen LogP contribution in [-0.2, 0) is 33.2 Å². The van der Waals surface area contributed by atoms with Crippen LogP contribution in [0.5, 0.6) is 11.5 Å². The molecular weight excluding hydrogens is 424 g/mol. The molecule has 2 rings (SSSR count). The molecule has 0 aliphatic carbocycles. The van der Waals surface area contributed by atoms with Crippen molar-refractivity contribution in [2.75, 3.05) is 0 Å². The maximum absolute atomic E-state index is 11.2. The van der Waals surface area contributed by atoms with Crippen molar-refractivity contribution >= 4 is 11.8 Å². The van der Waals surface area contributed by atoms with Gasteiger partial charge in [-0.2, -0.15) is 11.8 Å². The van der Waals surface area contributed by atoms with Crippen LogP contribution < -0.4 is 0 Å². The zero-order valence-corrected chi connectivity index (χ0v) is 23.8. The molecule has 33 heavy (non-hydrogen) atoms. The molecule has 2 nitrogen and oxygen atoms in total. The quantitative estimate of drug-likeness (QED) is 0.469. The summed E-state index contributed by atoms with van der Waals surface area (Å²) in [7, 11) is 0. The molecule has 0 aromatic heterocycles. The zero-order chi connectivity index (χ0) is 25.6. The molecule has 0 unspecified atom stereocenters. The van der Waals surface area contributed by atoms with Gasteiger partial charge < -0.3 is 10.2 Å². The number of benzene rings is 2. The minimum atomic E-state index is -0.140. The van der Waals surface area contributed by atoms with E-state index in [9.17, 15) is 10.2 Å². The SMILES string of the molecule is CC(C)(C)c1cc(CSCc2ccc(C(C)(C)C)c(O)c2C(C)(C)C)cc(C(C)(C)C)c1O. The van der Waals surface area contributed by atoms with Crippen molar-refractivity contribution in [1.29, 1.82) is 0 Å². The average Bonchev–Trinajstić information content (AvgIpc) is 2.58. The molecule has 0 bridgehead atoms. The van der Waals surface area contributed by atoms with Gasteiger partial charge in [-0.05, 0) is 49.5 Å². The van der Waals surface area contributed by atoms with Gasteiger partial charge in [-0.25, -0.2) is 0 Å². The molecule has 0 fully saturated rings. The van der Waals surface area contributed by atoms with E-state index in [1.54, 1.807) is 0 Å². The highest BCUT2D eigenvalue weighted by Gasteiger charge is 2.29. The normalized spacial score (nSPS) is 13.5. The first kappa shape index (κ1) is 27.6. The molecule has 0 aliphatic heterocycles. The Morgan fingerprint density at radius 3 is 1.42 bits per heavy atom. The first-order valence-corrected chi connectivity index (χ1v) is 13.2. The molecule has 0 atom stereocenters. The van der Waals surface area contributed by atoms with Crippen LogP contribution in [0.1, 0.15) is 116 Å². The van der Waals surface area contributed by atoms with Gasteiger partial charge in [-0.1, -0.05) is 107 Å². The van der Waals surface area contributed by atoms with Crippen LogP contribution in [0.2, 0.25) is 0 Å². The number of rotatable bonds is 4. The fourth-order valence-corrected chi connectivity index (χ4v) is 5.36. The van der Waals surface area contributed by atoms with Crippen molar-refractivity contribution in [1.82, 2.24) is 0 Å². The van der Waals surface area contributed by atoms with Crippen LogP contribution in [0.3, 0.4) is 0 Å². The molecule has 0 heterocycles. The molecule has 2 aromatic rings. The summed E-state index contributed by atoms with van der Waals surface area (Å²) in [5.74, 6) is 2.57. The summed E-state index contributed by atoms with van der Waals surface area (Å²) < 4.78 is 0.